The third-order valence-corrected chi connectivity index (χ3v) is 5.73. The maximum absolute atomic E-state index is 12.2. The molecule has 0 aliphatic carbocycles. The van der Waals surface area contributed by atoms with Crippen molar-refractivity contribution < 1.29 is 13.2 Å². The van der Waals surface area contributed by atoms with Crippen molar-refractivity contribution in [3.63, 3.8) is 0 Å². The molecule has 0 unspecified atom stereocenters. The Kier molecular flexibility index (Phi) is 5.82. The maximum Gasteiger partial charge on any atom is 0.238 e. The summed E-state index contributed by atoms with van der Waals surface area (Å²) in [4.78, 5) is 12.2. The van der Waals surface area contributed by atoms with Crippen LogP contribution in [0.5, 0.6) is 0 Å². The fourth-order valence-corrected chi connectivity index (χ4v) is 2.78. The number of nitrogens with one attached hydrogen (secondary N) is 1. The molecule has 0 spiro atoms. The van der Waals surface area contributed by atoms with Crippen LogP contribution < -0.4 is 5.32 Å². The molecule has 21 heavy (non-hydrogen) atoms. The highest BCUT2D eigenvalue weighted by atomic mass is 35.5. The number of sulfone groups is 1. The zero-order valence-corrected chi connectivity index (χ0v) is 14.4. The van der Waals surface area contributed by atoms with Gasteiger partial charge in [-0.2, -0.15) is 0 Å². The normalized spacial score (nSPS) is 13.8. The molecular formula is C15H22ClNO3S. The zero-order valence-electron chi connectivity index (χ0n) is 12.8. The minimum Gasteiger partial charge on any atom is -0.345 e. The Hall–Kier alpha value is -1.07. The summed E-state index contributed by atoms with van der Waals surface area (Å²) in [5.74, 6) is -0.476. The molecule has 0 saturated heterocycles. The van der Waals surface area contributed by atoms with E-state index in [1.54, 1.807) is 12.1 Å². The third-order valence-electron chi connectivity index (χ3n) is 3.98. The van der Waals surface area contributed by atoms with Gasteiger partial charge in [-0.1, -0.05) is 37.6 Å². The summed E-state index contributed by atoms with van der Waals surface area (Å²) in [5, 5.41) is 2.46. The third kappa shape index (κ3) is 4.20. The molecule has 1 rings (SSSR count). The Balaban J connectivity index is 3.12. The molecule has 1 aromatic rings. The summed E-state index contributed by atoms with van der Waals surface area (Å²) in [6.07, 6.45) is 2.39. The second-order valence-electron chi connectivity index (χ2n) is 5.26. The van der Waals surface area contributed by atoms with Gasteiger partial charge < -0.3 is 5.32 Å². The Morgan fingerprint density at radius 1 is 1.24 bits per heavy atom. The van der Waals surface area contributed by atoms with Crippen molar-refractivity contribution in [2.45, 2.75) is 44.4 Å². The molecule has 6 heteroatoms. The number of halogens is 1. The topological polar surface area (TPSA) is 63.2 Å². The van der Waals surface area contributed by atoms with Crippen LogP contribution in [0.15, 0.2) is 24.3 Å². The molecule has 1 atom stereocenters. The van der Waals surface area contributed by atoms with Gasteiger partial charge in [0.15, 0.2) is 9.84 Å². The lowest BCUT2D eigenvalue weighted by atomic mass is 9.84. The summed E-state index contributed by atoms with van der Waals surface area (Å²) in [6.45, 7) is 5.33. The molecule has 0 aliphatic rings. The highest BCUT2D eigenvalue weighted by molar-refractivity contribution is 7.92. The van der Waals surface area contributed by atoms with E-state index < -0.39 is 26.5 Å². The summed E-state index contributed by atoms with van der Waals surface area (Å²) in [5.41, 5.74) is 0.339. The van der Waals surface area contributed by atoms with Crippen LogP contribution in [-0.2, 0) is 20.2 Å². The summed E-state index contributed by atoms with van der Waals surface area (Å²) >= 11 is 5.90. The van der Waals surface area contributed by atoms with E-state index >= 15 is 0 Å². The predicted molar refractivity (Wildman–Crippen MR) is 86.2 cm³/mol. The summed E-state index contributed by atoms with van der Waals surface area (Å²) in [7, 11) is -3.41. The van der Waals surface area contributed by atoms with Gasteiger partial charge in [0.1, 0.15) is 5.25 Å². The minimum absolute atomic E-state index is 0.476. The average Bonchev–Trinajstić information content (AvgIpc) is 2.44. The number of hydrogen-bond acceptors (Lipinski definition) is 3. The van der Waals surface area contributed by atoms with E-state index in [1.165, 1.54) is 6.92 Å². The summed E-state index contributed by atoms with van der Waals surface area (Å²) in [6, 6.07) is 7.26. The fraction of sp³-hybridized carbons (Fsp3) is 0.533. The van der Waals surface area contributed by atoms with Crippen LogP contribution in [0.1, 0.15) is 39.2 Å². The zero-order chi connectivity index (χ0) is 16.3. The van der Waals surface area contributed by atoms with Crippen LogP contribution in [0.25, 0.3) is 0 Å². The van der Waals surface area contributed by atoms with Crippen molar-refractivity contribution in [2.24, 2.45) is 0 Å². The van der Waals surface area contributed by atoms with Gasteiger partial charge in [0, 0.05) is 11.3 Å². The molecule has 1 aromatic carbocycles. The maximum atomic E-state index is 12.2. The minimum atomic E-state index is -3.41. The van der Waals surface area contributed by atoms with Gasteiger partial charge in [0.05, 0.1) is 5.54 Å². The number of benzene rings is 1. The van der Waals surface area contributed by atoms with E-state index in [2.05, 4.69) is 5.32 Å². The lowest BCUT2D eigenvalue weighted by molar-refractivity contribution is -0.122. The van der Waals surface area contributed by atoms with Crippen LogP contribution in [0.2, 0.25) is 5.02 Å². The molecule has 0 fully saturated rings. The molecule has 0 bridgehead atoms. The van der Waals surface area contributed by atoms with E-state index in [0.29, 0.717) is 17.9 Å². The van der Waals surface area contributed by atoms with Gasteiger partial charge in [0.2, 0.25) is 5.91 Å². The molecule has 0 aliphatic heterocycles. The first-order valence-corrected chi connectivity index (χ1v) is 9.26. The highest BCUT2D eigenvalue weighted by Crippen LogP contribution is 2.30. The fourth-order valence-electron chi connectivity index (χ4n) is 2.21. The number of carbonyl (C=O) groups excluding carboxylic acids is 1. The second kappa shape index (κ2) is 6.79. The van der Waals surface area contributed by atoms with Crippen molar-refractivity contribution in [1.29, 1.82) is 0 Å². The number of amides is 1. The Morgan fingerprint density at radius 3 is 2.10 bits per heavy atom. The van der Waals surface area contributed by atoms with Crippen molar-refractivity contribution in [1.82, 2.24) is 5.32 Å². The van der Waals surface area contributed by atoms with Gasteiger partial charge >= 0.3 is 0 Å². The average molecular weight is 332 g/mol. The Morgan fingerprint density at radius 2 is 1.71 bits per heavy atom. The van der Waals surface area contributed by atoms with E-state index in [1.807, 2.05) is 26.0 Å². The molecule has 0 saturated carbocycles. The van der Waals surface area contributed by atoms with Gasteiger partial charge in [0.25, 0.3) is 0 Å². The van der Waals surface area contributed by atoms with Crippen LogP contribution >= 0.6 is 11.6 Å². The molecule has 1 N–H and O–H groups in total. The van der Waals surface area contributed by atoms with Crippen molar-refractivity contribution >= 4 is 27.3 Å². The first-order valence-electron chi connectivity index (χ1n) is 6.93. The van der Waals surface area contributed by atoms with E-state index in [9.17, 15) is 13.2 Å². The first-order chi connectivity index (χ1) is 9.66. The molecule has 0 heterocycles. The molecule has 0 radical (unpaired) electrons. The Labute approximate surface area is 131 Å². The Bertz CT molecular complexity index is 592. The molecule has 0 aromatic heterocycles. The van der Waals surface area contributed by atoms with Gasteiger partial charge in [-0.25, -0.2) is 8.42 Å². The number of carbonyl (C=O) groups is 1. The lowest BCUT2D eigenvalue weighted by Crippen LogP contribution is -2.49. The van der Waals surface area contributed by atoms with Gasteiger partial charge in [-0.15, -0.1) is 0 Å². The van der Waals surface area contributed by atoms with Gasteiger partial charge in [-0.05, 0) is 37.5 Å². The second-order valence-corrected chi connectivity index (χ2v) is 8.06. The largest absolute Gasteiger partial charge is 0.345 e. The van der Waals surface area contributed by atoms with Crippen molar-refractivity contribution in [2.75, 3.05) is 6.26 Å². The van der Waals surface area contributed by atoms with Crippen LogP contribution in [0.3, 0.4) is 0 Å². The summed E-state index contributed by atoms with van der Waals surface area (Å²) < 4.78 is 23.1. The smallest absolute Gasteiger partial charge is 0.238 e. The van der Waals surface area contributed by atoms with E-state index in [-0.39, 0.29) is 0 Å². The van der Waals surface area contributed by atoms with Crippen LogP contribution in [-0.4, -0.2) is 25.8 Å². The standard InChI is InChI=1S/C15H22ClNO3S/c1-5-15(6-2,12-7-9-13(16)10-8-12)17-14(18)11(3)21(4,19)20/h7-11H,5-6H2,1-4H3,(H,17,18)/t11-/m0/s1. The van der Waals surface area contributed by atoms with Crippen LogP contribution in [0, 0.1) is 0 Å². The molecular weight excluding hydrogens is 310 g/mol. The quantitative estimate of drug-likeness (QED) is 0.871. The molecule has 1 amide bonds. The SMILES string of the molecule is CCC(CC)(NC(=O)[C@H](C)S(C)(=O)=O)c1ccc(Cl)cc1. The van der Waals surface area contributed by atoms with Crippen molar-refractivity contribution in [3.05, 3.63) is 34.9 Å². The van der Waals surface area contributed by atoms with Crippen LogP contribution in [0.4, 0.5) is 0 Å². The highest BCUT2D eigenvalue weighted by Gasteiger charge is 2.34. The molecule has 4 nitrogen and oxygen atoms in total. The molecule has 118 valence electrons. The monoisotopic (exact) mass is 331 g/mol. The first kappa shape index (κ1) is 18.0. The predicted octanol–water partition coefficient (Wildman–Crippen LogP) is 2.90. The van der Waals surface area contributed by atoms with E-state index in [4.69, 9.17) is 11.6 Å². The van der Waals surface area contributed by atoms with Crippen molar-refractivity contribution in [3.8, 4) is 0 Å². The van der Waals surface area contributed by atoms with E-state index in [0.717, 1.165) is 11.8 Å². The number of hydrogen-bond donors (Lipinski definition) is 1. The lowest BCUT2D eigenvalue weighted by Gasteiger charge is -2.34. The van der Waals surface area contributed by atoms with Gasteiger partial charge in [-0.3, -0.25) is 4.79 Å². The number of rotatable bonds is 6.